The molecule has 0 radical (unpaired) electrons. The van der Waals surface area contributed by atoms with Crippen LogP contribution < -0.4 is 0 Å². The number of halogens is 1. The van der Waals surface area contributed by atoms with Gasteiger partial charge in [0.15, 0.2) is 0 Å². The van der Waals surface area contributed by atoms with Crippen LogP contribution in [0.25, 0.3) is 0 Å². The predicted molar refractivity (Wildman–Crippen MR) is 78.3 cm³/mol. The first-order chi connectivity index (χ1) is 8.78. The third-order valence-electron chi connectivity index (χ3n) is 3.49. The van der Waals surface area contributed by atoms with E-state index in [2.05, 4.69) is 48.6 Å². The van der Waals surface area contributed by atoms with Gasteiger partial charge in [-0.15, -0.1) is 0 Å². The molecule has 4 nitrogen and oxygen atoms in total. The quantitative estimate of drug-likeness (QED) is 0.772. The summed E-state index contributed by atoms with van der Waals surface area (Å²) in [5.74, 6) is 0. The van der Waals surface area contributed by atoms with Crippen LogP contribution in [0.2, 0.25) is 0 Å². The van der Waals surface area contributed by atoms with Crippen molar-refractivity contribution < 1.29 is 0 Å². The van der Waals surface area contributed by atoms with Crippen molar-refractivity contribution in [1.29, 1.82) is 0 Å². The minimum Gasteiger partial charge on any atom is -0.301 e. The van der Waals surface area contributed by atoms with E-state index < -0.39 is 0 Å². The Morgan fingerprint density at radius 2 is 1.83 bits per heavy atom. The van der Waals surface area contributed by atoms with E-state index in [1.54, 1.807) is 0 Å². The third-order valence-corrected chi connectivity index (χ3v) is 3.84. The van der Waals surface area contributed by atoms with Crippen LogP contribution in [0.4, 0.5) is 0 Å². The SMILES string of the molecule is Cc1cnn(CCN2CCCN(CCBr)CC2)c1. The smallest absolute Gasteiger partial charge is 0.0536 e. The standard InChI is InChI=1S/C13H23BrN4/c1-13-11-15-18(12-13)10-9-17-5-2-4-16(6-3-14)7-8-17/h11-12H,2-10H2,1H3. The van der Waals surface area contributed by atoms with Crippen molar-refractivity contribution in [2.75, 3.05) is 44.6 Å². The fraction of sp³-hybridized carbons (Fsp3) is 0.769. The van der Waals surface area contributed by atoms with Gasteiger partial charge in [-0.2, -0.15) is 5.10 Å². The van der Waals surface area contributed by atoms with E-state index >= 15 is 0 Å². The van der Waals surface area contributed by atoms with Crippen LogP contribution in [0.15, 0.2) is 12.4 Å². The lowest BCUT2D eigenvalue weighted by molar-refractivity contribution is 0.254. The number of aryl methyl sites for hydroxylation is 1. The Bertz CT molecular complexity index is 353. The Labute approximate surface area is 118 Å². The van der Waals surface area contributed by atoms with Crippen molar-refractivity contribution in [3.05, 3.63) is 18.0 Å². The summed E-state index contributed by atoms with van der Waals surface area (Å²) in [5.41, 5.74) is 1.24. The number of alkyl halides is 1. The molecule has 0 unspecified atom stereocenters. The fourth-order valence-corrected chi connectivity index (χ4v) is 2.93. The minimum absolute atomic E-state index is 1.01. The summed E-state index contributed by atoms with van der Waals surface area (Å²) in [5, 5.41) is 5.42. The molecule has 1 aliphatic heterocycles. The van der Waals surface area contributed by atoms with Crippen molar-refractivity contribution in [3.8, 4) is 0 Å². The number of nitrogens with zero attached hydrogens (tertiary/aromatic N) is 4. The number of hydrogen-bond acceptors (Lipinski definition) is 3. The minimum atomic E-state index is 1.01. The molecular formula is C13H23BrN4. The zero-order valence-electron chi connectivity index (χ0n) is 11.2. The molecule has 18 heavy (non-hydrogen) atoms. The summed E-state index contributed by atoms with van der Waals surface area (Å²) in [6, 6.07) is 0. The topological polar surface area (TPSA) is 24.3 Å². The van der Waals surface area contributed by atoms with Gasteiger partial charge in [0.2, 0.25) is 0 Å². The highest BCUT2D eigenvalue weighted by Crippen LogP contribution is 2.04. The van der Waals surface area contributed by atoms with Gasteiger partial charge in [0.1, 0.15) is 0 Å². The Kier molecular flexibility index (Phi) is 5.66. The van der Waals surface area contributed by atoms with Crippen molar-refractivity contribution >= 4 is 15.9 Å². The van der Waals surface area contributed by atoms with Crippen LogP contribution in [0.5, 0.6) is 0 Å². The molecule has 5 heteroatoms. The first-order valence-electron chi connectivity index (χ1n) is 6.77. The lowest BCUT2D eigenvalue weighted by Gasteiger charge is -2.21. The lowest BCUT2D eigenvalue weighted by Crippen LogP contribution is -2.33. The molecule has 0 aromatic carbocycles. The number of hydrogen-bond donors (Lipinski definition) is 0. The second-order valence-electron chi connectivity index (χ2n) is 5.01. The second-order valence-corrected chi connectivity index (χ2v) is 5.80. The Morgan fingerprint density at radius 3 is 2.44 bits per heavy atom. The highest BCUT2D eigenvalue weighted by atomic mass is 79.9. The highest BCUT2D eigenvalue weighted by Gasteiger charge is 2.13. The highest BCUT2D eigenvalue weighted by molar-refractivity contribution is 9.09. The van der Waals surface area contributed by atoms with Crippen LogP contribution in [0, 0.1) is 6.92 Å². The lowest BCUT2D eigenvalue weighted by atomic mass is 10.4. The van der Waals surface area contributed by atoms with E-state index in [0.29, 0.717) is 0 Å². The molecule has 1 aliphatic rings. The zero-order valence-corrected chi connectivity index (χ0v) is 12.8. The first-order valence-corrected chi connectivity index (χ1v) is 7.90. The van der Waals surface area contributed by atoms with Gasteiger partial charge in [-0.3, -0.25) is 4.68 Å². The van der Waals surface area contributed by atoms with Crippen LogP contribution >= 0.6 is 15.9 Å². The molecule has 1 aromatic heterocycles. The number of rotatable bonds is 5. The maximum Gasteiger partial charge on any atom is 0.0536 e. The van der Waals surface area contributed by atoms with E-state index in [9.17, 15) is 0 Å². The summed E-state index contributed by atoms with van der Waals surface area (Å²) in [6.45, 7) is 10.2. The van der Waals surface area contributed by atoms with Crippen LogP contribution in [-0.2, 0) is 6.54 Å². The van der Waals surface area contributed by atoms with Gasteiger partial charge in [-0.05, 0) is 32.0 Å². The molecule has 0 aliphatic carbocycles. The number of aromatic nitrogens is 2. The van der Waals surface area contributed by atoms with E-state index in [1.165, 1.54) is 44.7 Å². The molecule has 2 rings (SSSR count). The zero-order chi connectivity index (χ0) is 12.8. The van der Waals surface area contributed by atoms with E-state index in [4.69, 9.17) is 0 Å². The molecule has 0 bridgehead atoms. The van der Waals surface area contributed by atoms with Gasteiger partial charge < -0.3 is 9.80 Å². The van der Waals surface area contributed by atoms with Crippen molar-refractivity contribution in [3.63, 3.8) is 0 Å². The van der Waals surface area contributed by atoms with E-state index in [0.717, 1.165) is 18.4 Å². The van der Waals surface area contributed by atoms with Crippen molar-refractivity contribution in [2.24, 2.45) is 0 Å². The van der Waals surface area contributed by atoms with E-state index in [-0.39, 0.29) is 0 Å². The Morgan fingerprint density at radius 1 is 1.11 bits per heavy atom. The Hall–Kier alpha value is -0.390. The average molecular weight is 315 g/mol. The van der Waals surface area contributed by atoms with Crippen molar-refractivity contribution in [2.45, 2.75) is 19.9 Å². The Balaban J connectivity index is 1.73. The monoisotopic (exact) mass is 314 g/mol. The summed E-state index contributed by atoms with van der Waals surface area (Å²) >= 11 is 3.52. The van der Waals surface area contributed by atoms with Crippen LogP contribution in [0.3, 0.4) is 0 Å². The van der Waals surface area contributed by atoms with Gasteiger partial charge in [-0.1, -0.05) is 15.9 Å². The maximum atomic E-state index is 4.34. The second kappa shape index (κ2) is 7.26. The van der Waals surface area contributed by atoms with Gasteiger partial charge in [-0.25, -0.2) is 0 Å². The molecule has 0 spiro atoms. The summed E-state index contributed by atoms with van der Waals surface area (Å²) in [6.07, 6.45) is 5.33. The maximum absolute atomic E-state index is 4.34. The molecule has 1 fully saturated rings. The predicted octanol–water partition coefficient (Wildman–Crippen LogP) is 1.59. The van der Waals surface area contributed by atoms with E-state index in [1.807, 2.05) is 6.20 Å². The molecule has 1 saturated heterocycles. The van der Waals surface area contributed by atoms with Crippen molar-refractivity contribution in [1.82, 2.24) is 19.6 Å². The molecular weight excluding hydrogens is 292 g/mol. The summed E-state index contributed by atoms with van der Waals surface area (Å²) in [4.78, 5) is 5.11. The van der Waals surface area contributed by atoms with Gasteiger partial charge >= 0.3 is 0 Å². The van der Waals surface area contributed by atoms with Crippen LogP contribution in [-0.4, -0.2) is 64.2 Å². The summed E-state index contributed by atoms with van der Waals surface area (Å²) in [7, 11) is 0. The third kappa shape index (κ3) is 4.37. The molecule has 0 N–H and O–H groups in total. The molecule has 1 aromatic rings. The molecule has 102 valence electrons. The molecule has 0 amide bonds. The van der Waals surface area contributed by atoms with Crippen LogP contribution in [0.1, 0.15) is 12.0 Å². The normalized spacial score (nSPS) is 19.0. The van der Waals surface area contributed by atoms with Gasteiger partial charge in [0.05, 0.1) is 12.7 Å². The van der Waals surface area contributed by atoms with Gasteiger partial charge in [0, 0.05) is 37.7 Å². The molecule has 0 saturated carbocycles. The van der Waals surface area contributed by atoms with Gasteiger partial charge in [0.25, 0.3) is 0 Å². The first kappa shape index (κ1) is 14.0. The molecule has 2 heterocycles. The molecule has 0 atom stereocenters. The largest absolute Gasteiger partial charge is 0.301 e. The average Bonchev–Trinajstić information content (AvgIpc) is 2.64. The fourth-order valence-electron chi connectivity index (χ4n) is 2.42. The summed E-state index contributed by atoms with van der Waals surface area (Å²) < 4.78 is 2.05.